The van der Waals surface area contributed by atoms with Gasteiger partial charge in [-0.15, -0.1) is 0 Å². The molecule has 0 aliphatic heterocycles. The summed E-state index contributed by atoms with van der Waals surface area (Å²) in [6.07, 6.45) is 2.30. The molecule has 0 radical (unpaired) electrons. The largest absolute Gasteiger partial charge is 0.212 e. The maximum Gasteiger partial charge on any atom is 0.212 e. The van der Waals surface area contributed by atoms with Crippen molar-refractivity contribution in [3.63, 3.8) is 0 Å². The second-order valence-electron chi connectivity index (χ2n) is 9.18. The average molecular weight is 359 g/mol. The van der Waals surface area contributed by atoms with Crippen LogP contribution in [0.3, 0.4) is 0 Å². The summed E-state index contributed by atoms with van der Waals surface area (Å²) in [7, 11) is 2.16. The Morgan fingerprint density at radius 2 is 1.41 bits per heavy atom. The van der Waals surface area contributed by atoms with Gasteiger partial charge in [-0.1, -0.05) is 77.1 Å². The van der Waals surface area contributed by atoms with Gasteiger partial charge >= 0.3 is 0 Å². The van der Waals surface area contributed by atoms with Gasteiger partial charge in [0, 0.05) is 22.6 Å². The van der Waals surface area contributed by atoms with Crippen molar-refractivity contribution in [1.29, 1.82) is 0 Å². The Kier molecular flexibility index (Phi) is 4.99. The highest BCUT2D eigenvalue weighted by Gasteiger charge is 2.36. The van der Waals surface area contributed by atoms with Gasteiger partial charge in [-0.3, -0.25) is 0 Å². The lowest BCUT2D eigenvalue weighted by atomic mass is 9.66. The molecular formula is C26H32N+. The molecule has 0 atom stereocenters. The lowest BCUT2D eigenvalue weighted by Crippen LogP contribution is -2.38. The Hall–Kier alpha value is -2.41. The monoisotopic (exact) mass is 358 g/mol. The van der Waals surface area contributed by atoms with Crippen LogP contribution >= 0.6 is 0 Å². The summed E-state index contributed by atoms with van der Waals surface area (Å²) < 4.78 is 2.28. The van der Waals surface area contributed by atoms with E-state index in [1.54, 1.807) is 0 Å². The smallest absolute Gasteiger partial charge is 0.201 e. The van der Waals surface area contributed by atoms with Crippen LogP contribution in [0.2, 0.25) is 0 Å². The number of rotatable bonds is 3. The van der Waals surface area contributed by atoms with Gasteiger partial charge in [-0.2, -0.15) is 0 Å². The van der Waals surface area contributed by atoms with E-state index in [0.717, 1.165) is 0 Å². The minimum atomic E-state index is 0.101. The van der Waals surface area contributed by atoms with Gasteiger partial charge in [-0.05, 0) is 41.2 Å². The van der Waals surface area contributed by atoms with Crippen molar-refractivity contribution in [2.75, 3.05) is 0 Å². The maximum atomic E-state index is 2.34. The Morgan fingerprint density at radius 1 is 0.741 bits per heavy atom. The van der Waals surface area contributed by atoms with Crippen molar-refractivity contribution < 1.29 is 4.57 Å². The van der Waals surface area contributed by atoms with Crippen molar-refractivity contribution in [2.24, 2.45) is 12.5 Å². The number of nitrogens with zero attached hydrogens (tertiary/aromatic N) is 1. The SMILES string of the molecule is Cc1ccc(-c2ccccc2)cc1-c1ccc(C(C)(C)C(C)(C)C)c[n+]1C. The minimum Gasteiger partial charge on any atom is -0.201 e. The van der Waals surface area contributed by atoms with E-state index in [-0.39, 0.29) is 10.8 Å². The van der Waals surface area contributed by atoms with Crippen LogP contribution in [0.25, 0.3) is 22.4 Å². The fourth-order valence-corrected chi connectivity index (χ4v) is 3.40. The second-order valence-corrected chi connectivity index (χ2v) is 9.18. The molecule has 1 aromatic heterocycles. The van der Waals surface area contributed by atoms with Crippen LogP contribution in [0.5, 0.6) is 0 Å². The zero-order valence-electron chi connectivity index (χ0n) is 17.8. The Morgan fingerprint density at radius 3 is 2.00 bits per heavy atom. The maximum absolute atomic E-state index is 2.34. The number of aromatic nitrogens is 1. The standard InChI is InChI=1S/C26H32N/c1-19-13-14-21(20-11-9-8-10-12-20)17-23(19)24-16-15-22(18-27(24)7)26(5,6)25(2,3)4/h8-18H,1-7H3/q+1. The number of benzene rings is 2. The first-order valence-corrected chi connectivity index (χ1v) is 9.78. The number of hydrogen-bond acceptors (Lipinski definition) is 0. The van der Waals surface area contributed by atoms with Crippen LogP contribution in [-0.2, 0) is 12.5 Å². The van der Waals surface area contributed by atoms with Crippen molar-refractivity contribution in [3.8, 4) is 22.4 Å². The van der Waals surface area contributed by atoms with Gasteiger partial charge in [0.15, 0.2) is 6.20 Å². The molecule has 140 valence electrons. The molecule has 3 aromatic rings. The summed E-state index contributed by atoms with van der Waals surface area (Å²) in [6.45, 7) is 13.8. The second kappa shape index (κ2) is 6.96. The molecular weight excluding hydrogens is 326 g/mol. The third-order valence-electron chi connectivity index (χ3n) is 6.35. The van der Waals surface area contributed by atoms with Crippen molar-refractivity contribution >= 4 is 0 Å². The molecule has 0 N–H and O–H groups in total. The highest BCUT2D eigenvalue weighted by atomic mass is 14.9. The van der Waals surface area contributed by atoms with E-state index >= 15 is 0 Å². The van der Waals surface area contributed by atoms with Crippen LogP contribution in [0, 0.1) is 12.3 Å². The van der Waals surface area contributed by atoms with Crippen LogP contribution in [0.1, 0.15) is 45.7 Å². The minimum absolute atomic E-state index is 0.101. The molecule has 1 heteroatoms. The fraction of sp³-hybridized carbons (Fsp3) is 0.346. The molecule has 0 amide bonds. The van der Waals surface area contributed by atoms with Gasteiger partial charge < -0.3 is 0 Å². The molecule has 0 unspecified atom stereocenters. The highest BCUT2D eigenvalue weighted by Crippen LogP contribution is 2.40. The first-order valence-electron chi connectivity index (χ1n) is 9.78. The molecule has 0 saturated carbocycles. The van der Waals surface area contributed by atoms with Crippen molar-refractivity contribution in [1.82, 2.24) is 0 Å². The van der Waals surface area contributed by atoms with Gasteiger partial charge in [-0.25, -0.2) is 4.57 Å². The Labute approximate surface area is 164 Å². The lowest BCUT2D eigenvalue weighted by molar-refractivity contribution is -0.661. The normalized spacial score (nSPS) is 12.3. The molecule has 0 spiro atoms. The van der Waals surface area contributed by atoms with E-state index < -0.39 is 0 Å². The number of aryl methyl sites for hydroxylation is 2. The van der Waals surface area contributed by atoms with Gasteiger partial charge in [0.1, 0.15) is 7.05 Å². The summed E-state index contributed by atoms with van der Waals surface area (Å²) in [5, 5.41) is 0. The zero-order valence-corrected chi connectivity index (χ0v) is 17.8. The predicted molar refractivity (Wildman–Crippen MR) is 116 cm³/mol. The first kappa shape index (κ1) is 19.4. The molecule has 0 aliphatic carbocycles. The van der Waals surface area contributed by atoms with Gasteiger partial charge in [0.25, 0.3) is 0 Å². The molecule has 3 rings (SSSR count). The third kappa shape index (κ3) is 3.69. The predicted octanol–water partition coefficient (Wildman–Crippen LogP) is 6.48. The van der Waals surface area contributed by atoms with Crippen LogP contribution in [0.4, 0.5) is 0 Å². The topological polar surface area (TPSA) is 3.88 Å². The lowest BCUT2D eigenvalue weighted by Gasteiger charge is -2.38. The summed E-state index contributed by atoms with van der Waals surface area (Å²) >= 11 is 0. The van der Waals surface area contributed by atoms with E-state index in [9.17, 15) is 0 Å². The first-order chi connectivity index (χ1) is 12.6. The van der Waals surface area contributed by atoms with Crippen LogP contribution in [-0.4, -0.2) is 0 Å². The Bertz CT molecular complexity index is 944. The van der Waals surface area contributed by atoms with E-state index in [4.69, 9.17) is 0 Å². The van der Waals surface area contributed by atoms with Crippen LogP contribution < -0.4 is 4.57 Å². The van der Waals surface area contributed by atoms with Gasteiger partial charge in [0.05, 0.1) is 0 Å². The summed E-state index contributed by atoms with van der Waals surface area (Å²) in [5.41, 5.74) is 8.03. The van der Waals surface area contributed by atoms with E-state index in [0.29, 0.717) is 0 Å². The summed E-state index contributed by atoms with van der Waals surface area (Å²) in [5.74, 6) is 0. The molecule has 1 nitrogen and oxygen atoms in total. The fourth-order valence-electron chi connectivity index (χ4n) is 3.40. The zero-order chi connectivity index (χ0) is 19.8. The molecule has 0 fully saturated rings. The van der Waals surface area contributed by atoms with Crippen LogP contribution in [0.15, 0.2) is 66.9 Å². The Balaban J connectivity index is 2.08. The molecule has 27 heavy (non-hydrogen) atoms. The summed E-state index contributed by atoms with van der Waals surface area (Å²) in [4.78, 5) is 0. The molecule has 0 saturated heterocycles. The third-order valence-corrected chi connectivity index (χ3v) is 6.35. The van der Waals surface area contributed by atoms with E-state index in [1.165, 1.54) is 33.5 Å². The van der Waals surface area contributed by atoms with Crippen molar-refractivity contribution in [2.45, 2.75) is 47.0 Å². The van der Waals surface area contributed by atoms with E-state index in [2.05, 4.69) is 120 Å². The molecule has 0 aliphatic rings. The summed E-state index contributed by atoms with van der Waals surface area (Å²) in [6, 6.07) is 21.9. The number of pyridine rings is 1. The van der Waals surface area contributed by atoms with E-state index in [1.807, 2.05) is 0 Å². The quantitative estimate of drug-likeness (QED) is 0.472. The number of hydrogen-bond donors (Lipinski definition) is 0. The molecule has 2 aromatic carbocycles. The molecule has 1 heterocycles. The van der Waals surface area contributed by atoms with Gasteiger partial charge in [0.2, 0.25) is 5.69 Å². The van der Waals surface area contributed by atoms with Crippen molar-refractivity contribution in [3.05, 3.63) is 78.0 Å². The highest BCUT2D eigenvalue weighted by molar-refractivity contribution is 5.72. The molecule has 0 bridgehead atoms. The average Bonchev–Trinajstić information content (AvgIpc) is 2.62.